The average Bonchev–Trinajstić information content (AvgIpc) is 2.81. The lowest BCUT2D eigenvalue weighted by atomic mass is 9.95. The number of ether oxygens (including phenoxy) is 3. The molecular weight excluding hydrogens is 427 g/mol. The van der Waals surface area contributed by atoms with Crippen LogP contribution in [0.25, 0.3) is 5.57 Å². The monoisotopic (exact) mass is 456 g/mol. The number of allylic oxidation sites excluding steroid dienone is 1. The Morgan fingerprint density at radius 2 is 2.15 bits per heavy atom. The van der Waals surface area contributed by atoms with Crippen LogP contribution in [0.2, 0.25) is 0 Å². The SMILES string of the molecule is COc1ccc2c(c1)CC(C(=O)Nc1cc(F)c(/C(C=N)=C/N)cc1OCCN(C)C)CO2. The third kappa shape index (κ3) is 5.81. The zero-order chi connectivity index (χ0) is 24.0. The summed E-state index contributed by atoms with van der Waals surface area (Å²) < 4.78 is 31.7. The van der Waals surface area contributed by atoms with E-state index in [1.54, 1.807) is 13.2 Å². The molecule has 1 aliphatic rings. The number of anilines is 1. The van der Waals surface area contributed by atoms with Crippen LogP contribution >= 0.6 is 0 Å². The van der Waals surface area contributed by atoms with Gasteiger partial charge in [-0.15, -0.1) is 0 Å². The van der Waals surface area contributed by atoms with Crippen LogP contribution in [0.4, 0.5) is 10.1 Å². The number of hydrogen-bond donors (Lipinski definition) is 3. The quantitative estimate of drug-likeness (QED) is 0.501. The van der Waals surface area contributed by atoms with E-state index in [0.717, 1.165) is 23.7 Å². The molecule has 0 aromatic heterocycles. The summed E-state index contributed by atoms with van der Waals surface area (Å²) in [7, 11) is 5.39. The second-order valence-electron chi connectivity index (χ2n) is 7.92. The second kappa shape index (κ2) is 10.8. The Balaban J connectivity index is 1.83. The average molecular weight is 457 g/mol. The van der Waals surface area contributed by atoms with Gasteiger partial charge in [0.2, 0.25) is 5.91 Å². The van der Waals surface area contributed by atoms with Crippen molar-refractivity contribution in [1.29, 1.82) is 5.41 Å². The van der Waals surface area contributed by atoms with Gasteiger partial charge in [-0.3, -0.25) is 4.79 Å². The molecule has 9 heteroatoms. The molecular formula is C24H29FN4O4. The first-order valence-electron chi connectivity index (χ1n) is 10.5. The van der Waals surface area contributed by atoms with E-state index in [-0.39, 0.29) is 29.3 Å². The molecule has 1 heterocycles. The van der Waals surface area contributed by atoms with Gasteiger partial charge in [0.25, 0.3) is 0 Å². The summed E-state index contributed by atoms with van der Waals surface area (Å²) in [4.78, 5) is 15.0. The number of likely N-dealkylation sites (N-methyl/N-ethyl adjacent to an activating group) is 1. The highest BCUT2D eigenvalue weighted by molar-refractivity contribution is 6.08. The molecule has 2 aromatic rings. The number of nitrogens with zero attached hydrogens (tertiary/aromatic N) is 1. The third-order valence-corrected chi connectivity index (χ3v) is 5.31. The van der Waals surface area contributed by atoms with Gasteiger partial charge in [0, 0.05) is 36.2 Å². The molecule has 8 nitrogen and oxygen atoms in total. The summed E-state index contributed by atoms with van der Waals surface area (Å²) in [6, 6.07) is 8.10. The van der Waals surface area contributed by atoms with Gasteiger partial charge in [0.1, 0.15) is 36.3 Å². The van der Waals surface area contributed by atoms with Gasteiger partial charge in [0.15, 0.2) is 0 Å². The predicted octanol–water partition coefficient (Wildman–Crippen LogP) is 2.91. The zero-order valence-electron chi connectivity index (χ0n) is 19.0. The second-order valence-corrected chi connectivity index (χ2v) is 7.92. The minimum atomic E-state index is -0.625. The molecule has 0 radical (unpaired) electrons. The summed E-state index contributed by atoms with van der Waals surface area (Å²) >= 11 is 0. The number of nitrogens with one attached hydrogen (secondary N) is 2. The molecule has 1 amide bonds. The van der Waals surface area contributed by atoms with E-state index in [0.29, 0.717) is 31.1 Å². The van der Waals surface area contributed by atoms with Gasteiger partial charge in [-0.2, -0.15) is 0 Å². The Labute approximate surface area is 192 Å². The van der Waals surface area contributed by atoms with Crippen molar-refractivity contribution in [1.82, 2.24) is 4.90 Å². The highest BCUT2D eigenvalue weighted by atomic mass is 19.1. The topological polar surface area (TPSA) is 110 Å². The Bertz CT molecular complexity index is 1060. The fraction of sp³-hybridized carbons (Fsp3) is 0.333. The zero-order valence-corrected chi connectivity index (χ0v) is 19.0. The lowest BCUT2D eigenvalue weighted by Crippen LogP contribution is -2.32. The van der Waals surface area contributed by atoms with E-state index < -0.39 is 11.7 Å². The van der Waals surface area contributed by atoms with Gasteiger partial charge < -0.3 is 35.6 Å². The van der Waals surface area contributed by atoms with E-state index >= 15 is 0 Å². The Hall–Kier alpha value is -3.59. The van der Waals surface area contributed by atoms with Gasteiger partial charge in [-0.1, -0.05) is 0 Å². The van der Waals surface area contributed by atoms with Crippen LogP contribution in [0.15, 0.2) is 36.5 Å². The fourth-order valence-corrected chi connectivity index (χ4v) is 3.45. The molecule has 0 spiro atoms. The molecule has 0 fully saturated rings. The number of rotatable bonds is 9. The number of hydrogen-bond acceptors (Lipinski definition) is 7. The summed E-state index contributed by atoms with van der Waals surface area (Å²) in [6.45, 7) is 1.16. The summed E-state index contributed by atoms with van der Waals surface area (Å²) in [5, 5.41) is 10.3. The number of nitrogens with two attached hydrogens (primary N) is 1. The maximum absolute atomic E-state index is 14.8. The first-order valence-corrected chi connectivity index (χ1v) is 10.5. The first-order chi connectivity index (χ1) is 15.9. The first kappa shape index (κ1) is 24.1. The van der Waals surface area contributed by atoms with Crippen LogP contribution in [0.5, 0.6) is 17.2 Å². The molecule has 0 aliphatic carbocycles. The Morgan fingerprint density at radius 3 is 2.82 bits per heavy atom. The van der Waals surface area contributed by atoms with Gasteiger partial charge in [-0.25, -0.2) is 4.39 Å². The normalized spacial score (nSPS) is 15.4. The van der Waals surface area contributed by atoms with E-state index in [4.69, 9.17) is 25.4 Å². The van der Waals surface area contributed by atoms with Crippen molar-refractivity contribution < 1.29 is 23.4 Å². The Morgan fingerprint density at radius 1 is 1.36 bits per heavy atom. The number of benzene rings is 2. The Kier molecular flexibility index (Phi) is 7.89. The molecule has 33 heavy (non-hydrogen) atoms. The van der Waals surface area contributed by atoms with E-state index in [1.807, 2.05) is 31.1 Å². The third-order valence-electron chi connectivity index (χ3n) is 5.31. The number of methoxy groups -OCH3 is 1. The van der Waals surface area contributed by atoms with Crippen molar-refractivity contribution >= 4 is 23.4 Å². The molecule has 0 bridgehead atoms. The molecule has 1 atom stereocenters. The lowest BCUT2D eigenvalue weighted by Gasteiger charge is -2.25. The number of amides is 1. The van der Waals surface area contributed by atoms with Crippen LogP contribution in [0.3, 0.4) is 0 Å². The smallest absolute Gasteiger partial charge is 0.231 e. The molecule has 4 N–H and O–H groups in total. The van der Waals surface area contributed by atoms with Gasteiger partial charge >= 0.3 is 0 Å². The molecule has 176 valence electrons. The molecule has 1 aliphatic heterocycles. The largest absolute Gasteiger partial charge is 0.497 e. The van der Waals surface area contributed by atoms with Crippen LogP contribution in [0.1, 0.15) is 11.1 Å². The number of halogens is 1. The van der Waals surface area contributed by atoms with Crippen molar-refractivity contribution in [3.8, 4) is 17.2 Å². The van der Waals surface area contributed by atoms with Crippen molar-refractivity contribution in [3.05, 3.63) is 53.5 Å². The minimum Gasteiger partial charge on any atom is -0.497 e. The molecule has 3 rings (SSSR count). The van der Waals surface area contributed by atoms with Crippen molar-refractivity contribution in [2.45, 2.75) is 6.42 Å². The maximum atomic E-state index is 14.8. The number of fused-ring (bicyclic) bond motifs is 1. The summed E-state index contributed by atoms with van der Waals surface area (Å²) in [5.41, 5.74) is 6.93. The van der Waals surface area contributed by atoms with Crippen LogP contribution in [-0.4, -0.2) is 58.0 Å². The molecule has 0 saturated carbocycles. The van der Waals surface area contributed by atoms with Crippen molar-refractivity contribution in [2.75, 3.05) is 46.3 Å². The minimum absolute atomic E-state index is 0.118. The van der Waals surface area contributed by atoms with Crippen LogP contribution in [-0.2, 0) is 11.2 Å². The van der Waals surface area contributed by atoms with Crippen LogP contribution < -0.4 is 25.3 Å². The lowest BCUT2D eigenvalue weighted by molar-refractivity contribution is -0.121. The molecule has 1 unspecified atom stereocenters. The van der Waals surface area contributed by atoms with Gasteiger partial charge in [-0.05, 0) is 50.3 Å². The highest BCUT2D eigenvalue weighted by Gasteiger charge is 2.27. The fourth-order valence-electron chi connectivity index (χ4n) is 3.45. The van der Waals surface area contributed by atoms with E-state index in [2.05, 4.69) is 5.32 Å². The number of carbonyl (C=O) groups excluding carboxylic acids is 1. The summed E-state index contributed by atoms with van der Waals surface area (Å²) in [5.74, 6) is 0.290. The van der Waals surface area contributed by atoms with E-state index in [1.165, 1.54) is 12.1 Å². The molecule has 0 saturated heterocycles. The molecule has 2 aromatic carbocycles. The van der Waals surface area contributed by atoms with Gasteiger partial charge in [0.05, 0.1) is 18.7 Å². The van der Waals surface area contributed by atoms with Crippen LogP contribution in [0, 0.1) is 17.1 Å². The standard InChI is InChI=1S/C24H29FN4O4/c1-29(2)6-7-32-23-10-19(17(12-26)13-27)20(25)11-21(23)28-24(30)16-8-15-9-18(31-3)4-5-22(15)33-14-16/h4-5,9-13,16,26H,6-8,14,27H2,1-3H3,(H,28,30)/b17-13+,26-12?. The van der Waals surface area contributed by atoms with Crippen molar-refractivity contribution in [2.24, 2.45) is 11.7 Å². The number of carbonyl (C=O) groups is 1. The predicted molar refractivity (Wildman–Crippen MR) is 126 cm³/mol. The highest BCUT2D eigenvalue weighted by Crippen LogP contribution is 2.34. The van der Waals surface area contributed by atoms with E-state index in [9.17, 15) is 9.18 Å². The summed E-state index contributed by atoms with van der Waals surface area (Å²) in [6.07, 6.45) is 2.58. The van der Waals surface area contributed by atoms with Crippen molar-refractivity contribution in [3.63, 3.8) is 0 Å². The maximum Gasteiger partial charge on any atom is 0.231 e.